The van der Waals surface area contributed by atoms with Crippen LogP contribution in [0.15, 0.2) is 11.5 Å². The third-order valence-electron chi connectivity index (χ3n) is 0.721. The van der Waals surface area contributed by atoms with Crippen molar-refractivity contribution in [3.8, 4) is 0 Å². The number of rotatable bonds is 3. The Morgan fingerprint density at radius 3 is 2.75 bits per heavy atom. The zero-order chi connectivity index (χ0) is 6.41. The van der Waals surface area contributed by atoms with Gasteiger partial charge in [-0.3, -0.25) is 0 Å². The zero-order valence-electron chi connectivity index (χ0n) is 5.29. The fourth-order valence-corrected chi connectivity index (χ4v) is 1.01. The molecular weight excluding hydrogens is 136 g/mol. The fraction of sp³-hybridized carbons (Fsp3) is 0.667. The fourth-order valence-electron chi connectivity index (χ4n) is 0.265. The summed E-state index contributed by atoms with van der Waals surface area (Å²) in [4.78, 5) is 0. The lowest BCUT2D eigenvalue weighted by Gasteiger charge is -1.99. The molecule has 0 aromatic heterocycles. The Labute approximate surface area is 61.2 Å². The van der Waals surface area contributed by atoms with E-state index in [-0.39, 0.29) is 0 Å². The Morgan fingerprint density at radius 2 is 2.38 bits per heavy atom. The lowest BCUT2D eigenvalue weighted by Crippen LogP contribution is -1.83. The summed E-state index contributed by atoms with van der Waals surface area (Å²) in [6.45, 7) is 4.15. The maximum atomic E-state index is 4.28. The van der Waals surface area contributed by atoms with Crippen LogP contribution in [0.5, 0.6) is 0 Å². The highest BCUT2D eigenvalue weighted by Crippen LogP contribution is 2.18. The van der Waals surface area contributed by atoms with Gasteiger partial charge in [0.05, 0.1) is 4.58 Å². The van der Waals surface area contributed by atoms with Gasteiger partial charge < -0.3 is 0 Å². The number of thioether (sulfide) groups is 1. The minimum Gasteiger partial charge on any atom is -0.165 e. The van der Waals surface area contributed by atoms with Crippen LogP contribution in [-0.2, 0) is 0 Å². The summed E-state index contributed by atoms with van der Waals surface area (Å²) in [5.74, 6) is 0. The number of hydrogen-bond acceptors (Lipinski definition) is 2. The summed E-state index contributed by atoms with van der Waals surface area (Å²) in [6, 6.07) is 0. The molecule has 0 aliphatic heterocycles. The third-order valence-corrected chi connectivity index (χ3v) is 2.53. The second kappa shape index (κ2) is 5.57. The van der Waals surface area contributed by atoms with Crippen molar-refractivity contribution >= 4 is 24.4 Å². The van der Waals surface area contributed by atoms with Gasteiger partial charge in [-0.2, -0.15) is 12.6 Å². The third kappa shape index (κ3) is 4.60. The molecule has 0 rings (SSSR count). The summed E-state index contributed by atoms with van der Waals surface area (Å²) in [6.07, 6.45) is 3.15. The number of thiol groups is 1. The lowest BCUT2D eigenvalue weighted by atomic mass is 10.6. The van der Waals surface area contributed by atoms with Crippen LogP contribution in [0.25, 0.3) is 0 Å². The molecule has 0 amide bonds. The molecule has 48 valence electrons. The van der Waals surface area contributed by atoms with E-state index in [9.17, 15) is 0 Å². The van der Waals surface area contributed by atoms with Crippen LogP contribution in [0, 0.1) is 0 Å². The Kier molecular flexibility index (Phi) is 5.88. The van der Waals surface area contributed by atoms with Gasteiger partial charge in [-0.05, 0) is 18.8 Å². The summed E-state index contributed by atoms with van der Waals surface area (Å²) in [7, 11) is 0. The van der Waals surface area contributed by atoms with E-state index in [4.69, 9.17) is 0 Å². The second-order valence-corrected chi connectivity index (χ2v) is 3.55. The summed E-state index contributed by atoms with van der Waals surface area (Å²) in [5.41, 5.74) is 0. The molecule has 2 heteroatoms. The van der Waals surface area contributed by atoms with Crippen molar-refractivity contribution in [3.05, 3.63) is 11.5 Å². The van der Waals surface area contributed by atoms with Crippen molar-refractivity contribution in [1.29, 1.82) is 0 Å². The molecule has 0 nitrogen and oxygen atoms in total. The topological polar surface area (TPSA) is 0 Å². The Morgan fingerprint density at radius 1 is 1.75 bits per heavy atom. The molecule has 8 heavy (non-hydrogen) atoms. The van der Waals surface area contributed by atoms with E-state index in [2.05, 4.69) is 25.0 Å². The monoisotopic (exact) mass is 148 g/mol. The Bertz CT molecular complexity index is 68.9. The van der Waals surface area contributed by atoms with Crippen LogP contribution in [0.3, 0.4) is 0 Å². The van der Waals surface area contributed by atoms with Crippen LogP contribution in [0.2, 0.25) is 0 Å². The molecule has 0 aliphatic carbocycles. The second-order valence-electron chi connectivity index (χ2n) is 1.47. The van der Waals surface area contributed by atoms with E-state index in [1.54, 1.807) is 11.8 Å². The molecular formula is C6H12S2. The van der Waals surface area contributed by atoms with Crippen LogP contribution in [0.4, 0.5) is 0 Å². The van der Waals surface area contributed by atoms with Crippen molar-refractivity contribution in [2.45, 2.75) is 24.9 Å². The average Bonchev–Trinajstić information content (AvgIpc) is 1.83. The Balaban J connectivity index is 3.10. The highest BCUT2D eigenvalue weighted by atomic mass is 32.2. The van der Waals surface area contributed by atoms with E-state index in [1.165, 1.54) is 0 Å². The highest BCUT2D eigenvalue weighted by molar-refractivity contribution is 8.12. The largest absolute Gasteiger partial charge is 0.165 e. The predicted molar refractivity (Wildman–Crippen MR) is 45.5 cm³/mol. The van der Waals surface area contributed by atoms with Crippen molar-refractivity contribution in [3.63, 3.8) is 0 Å². The molecule has 0 radical (unpaired) electrons. The molecule has 0 heterocycles. The van der Waals surface area contributed by atoms with Gasteiger partial charge in [-0.1, -0.05) is 13.0 Å². The maximum Gasteiger partial charge on any atom is 0.0510 e. The van der Waals surface area contributed by atoms with Crippen LogP contribution in [-0.4, -0.2) is 4.58 Å². The first kappa shape index (κ1) is 8.44. The van der Waals surface area contributed by atoms with Crippen LogP contribution >= 0.6 is 24.4 Å². The first-order chi connectivity index (χ1) is 3.81. The number of allylic oxidation sites excluding steroid dienone is 1. The van der Waals surface area contributed by atoms with Gasteiger partial charge in [0.2, 0.25) is 0 Å². The smallest absolute Gasteiger partial charge is 0.0510 e. The van der Waals surface area contributed by atoms with Gasteiger partial charge in [-0.15, -0.1) is 11.8 Å². The minimum absolute atomic E-state index is 0.478. The number of hydrogen-bond donors (Lipinski definition) is 1. The minimum atomic E-state index is 0.478. The van der Waals surface area contributed by atoms with Crippen molar-refractivity contribution in [2.24, 2.45) is 0 Å². The predicted octanol–water partition coefficient (Wildman–Crippen LogP) is 2.92. The quantitative estimate of drug-likeness (QED) is 0.474. The van der Waals surface area contributed by atoms with Crippen LogP contribution in [0.1, 0.15) is 20.3 Å². The van der Waals surface area contributed by atoms with E-state index >= 15 is 0 Å². The standard InChI is InChI=1S/C6H12S2/c1-3-5-8-6(7)4-2/h3,5-7H,4H2,1-2H3/b5-3+. The van der Waals surface area contributed by atoms with Gasteiger partial charge in [0, 0.05) is 0 Å². The van der Waals surface area contributed by atoms with E-state index in [1.807, 2.05) is 13.0 Å². The average molecular weight is 148 g/mol. The molecule has 0 fully saturated rings. The van der Waals surface area contributed by atoms with Crippen molar-refractivity contribution in [1.82, 2.24) is 0 Å². The van der Waals surface area contributed by atoms with Crippen LogP contribution < -0.4 is 0 Å². The molecule has 1 atom stereocenters. The summed E-state index contributed by atoms with van der Waals surface area (Å²) in [5, 5.41) is 2.07. The van der Waals surface area contributed by atoms with Gasteiger partial charge >= 0.3 is 0 Å². The van der Waals surface area contributed by atoms with Crippen molar-refractivity contribution < 1.29 is 0 Å². The first-order valence-corrected chi connectivity index (χ1v) is 4.21. The SMILES string of the molecule is C/C=C/SC(S)CC. The normalized spacial score (nSPS) is 14.9. The van der Waals surface area contributed by atoms with Crippen molar-refractivity contribution in [2.75, 3.05) is 0 Å². The van der Waals surface area contributed by atoms with E-state index < -0.39 is 0 Å². The van der Waals surface area contributed by atoms with E-state index in [0.717, 1.165) is 6.42 Å². The molecule has 0 spiro atoms. The summed E-state index contributed by atoms with van der Waals surface area (Å²) >= 11 is 6.04. The summed E-state index contributed by atoms with van der Waals surface area (Å²) < 4.78 is 0.478. The molecule has 0 aromatic rings. The molecule has 0 aromatic carbocycles. The molecule has 0 bridgehead atoms. The van der Waals surface area contributed by atoms with Gasteiger partial charge in [0.15, 0.2) is 0 Å². The Hall–Kier alpha value is 0.440. The first-order valence-electron chi connectivity index (χ1n) is 2.76. The van der Waals surface area contributed by atoms with Gasteiger partial charge in [0.25, 0.3) is 0 Å². The lowest BCUT2D eigenvalue weighted by molar-refractivity contribution is 1.07. The van der Waals surface area contributed by atoms with Gasteiger partial charge in [0.1, 0.15) is 0 Å². The van der Waals surface area contributed by atoms with Gasteiger partial charge in [-0.25, -0.2) is 0 Å². The zero-order valence-corrected chi connectivity index (χ0v) is 7.01. The molecule has 1 unspecified atom stereocenters. The molecule has 0 N–H and O–H groups in total. The maximum absolute atomic E-state index is 4.28. The molecule has 0 saturated carbocycles. The highest BCUT2D eigenvalue weighted by Gasteiger charge is 1.92. The van der Waals surface area contributed by atoms with E-state index in [0.29, 0.717) is 4.58 Å². The molecule has 0 aliphatic rings. The molecule has 0 saturated heterocycles.